The maximum absolute atomic E-state index is 14.6. The van der Waals surface area contributed by atoms with Gasteiger partial charge in [-0.25, -0.2) is 18.6 Å². The Morgan fingerprint density at radius 3 is 2.47 bits per heavy atom. The molecular formula is C36H42F2N4O5. The number of hydrogen-bond acceptors (Lipinski definition) is 7. The van der Waals surface area contributed by atoms with Crippen LogP contribution in [0.5, 0.6) is 17.2 Å². The Morgan fingerprint density at radius 1 is 1.00 bits per heavy atom. The van der Waals surface area contributed by atoms with Crippen molar-refractivity contribution >= 4 is 17.5 Å². The zero-order valence-corrected chi connectivity index (χ0v) is 26.6. The summed E-state index contributed by atoms with van der Waals surface area (Å²) in [4.78, 5) is 26.8. The number of carboxylic acid groups (broad SMARTS) is 1. The van der Waals surface area contributed by atoms with E-state index in [0.717, 1.165) is 36.2 Å². The molecule has 1 aliphatic heterocycles. The van der Waals surface area contributed by atoms with Gasteiger partial charge in [-0.1, -0.05) is 51.9 Å². The molecule has 0 fully saturated rings. The number of aromatic carboxylic acids is 1. The summed E-state index contributed by atoms with van der Waals surface area (Å²) in [5.74, 6) is -0.298. The van der Waals surface area contributed by atoms with E-state index in [9.17, 15) is 18.4 Å². The quantitative estimate of drug-likeness (QED) is 0.117. The van der Waals surface area contributed by atoms with E-state index < -0.39 is 23.2 Å². The lowest BCUT2D eigenvalue weighted by Crippen LogP contribution is -2.24. The Morgan fingerprint density at radius 2 is 1.74 bits per heavy atom. The van der Waals surface area contributed by atoms with Gasteiger partial charge in [0.15, 0.2) is 23.1 Å². The molecule has 3 N–H and O–H groups in total. The molecule has 2 aromatic carbocycles. The second-order valence-corrected chi connectivity index (χ2v) is 11.1. The molecule has 11 heteroatoms. The van der Waals surface area contributed by atoms with Crippen molar-refractivity contribution in [1.29, 1.82) is 0 Å². The lowest BCUT2D eigenvalue weighted by Gasteiger charge is -2.14. The zero-order chi connectivity index (χ0) is 33.4. The third kappa shape index (κ3) is 10.6. The number of pyridine rings is 2. The Kier molecular flexibility index (Phi) is 13.6. The first kappa shape index (κ1) is 34.9. The molecule has 0 atom stereocenters. The van der Waals surface area contributed by atoms with Gasteiger partial charge < -0.3 is 25.2 Å². The van der Waals surface area contributed by atoms with Crippen molar-refractivity contribution in [3.8, 4) is 22.9 Å². The number of hydrogen-bond donors (Lipinski definition) is 3. The number of anilines is 2. The van der Waals surface area contributed by atoms with Crippen LogP contribution in [0.3, 0.4) is 0 Å². The molecular weight excluding hydrogens is 606 g/mol. The van der Waals surface area contributed by atoms with Gasteiger partial charge in [0.2, 0.25) is 5.75 Å². The highest BCUT2D eigenvalue weighted by Gasteiger charge is 2.17. The highest BCUT2D eigenvalue weighted by Crippen LogP contribution is 2.38. The Bertz CT molecular complexity index is 1650. The van der Waals surface area contributed by atoms with E-state index in [4.69, 9.17) is 14.6 Å². The molecule has 0 radical (unpaired) electrons. The summed E-state index contributed by atoms with van der Waals surface area (Å²) >= 11 is 0. The van der Waals surface area contributed by atoms with Crippen LogP contribution in [0.2, 0.25) is 0 Å². The summed E-state index contributed by atoms with van der Waals surface area (Å²) < 4.78 is 40.0. The number of benzene rings is 2. The van der Waals surface area contributed by atoms with Crippen LogP contribution in [0.15, 0.2) is 77.9 Å². The van der Waals surface area contributed by atoms with E-state index in [0.29, 0.717) is 29.6 Å². The fraction of sp³-hybridized carbons (Fsp3) is 0.361. The monoisotopic (exact) mass is 648 g/mol. The number of carboxylic acids is 1. The summed E-state index contributed by atoms with van der Waals surface area (Å²) in [7, 11) is 0. The molecule has 0 unspecified atom stereocenters. The van der Waals surface area contributed by atoms with Crippen LogP contribution in [0.1, 0.15) is 75.1 Å². The molecule has 1 aliphatic rings. The first-order valence-electron chi connectivity index (χ1n) is 16.1. The van der Waals surface area contributed by atoms with Gasteiger partial charge in [0.1, 0.15) is 11.4 Å². The van der Waals surface area contributed by atoms with Gasteiger partial charge in [0.05, 0.1) is 6.61 Å². The molecule has 0 aliphatic carbocycles. The standard InChI is InChI=1S/C24H34FN3O2.C12H8FNO3/c1-2-3-4-5-6-7-8-9-14-26-19-11-12-21(20(25)18-19)30-22-13-16-28-24-23(22)29-17-10-15-27-24;13-8-3-5-9(6-4-8)14-7-1-2-10(11(14)15)12(16)17/h11-13,16,18,26H,2-10,14-15,17H2,1H3,(H,27,28);1-7H,(H,16,17). The summed E-state index contributed by atoms with van der Waals surface area (Å²) in [6.07, 6.45) is 14.2. The van der Waals surface area contributed by atoms with Crippen molar-refractivity contribution in [2.24, 2.45) is 0 Å². The Labute approximate surface area is 273 Å². The predicted octanol–water partition coefficient (Wildman–Crippen LogP) is 8.43. The topological polar surface area (TPSA) is 115 Å². The van der Waals surface area contributed by atoms with Crippen LogP contribution in [-0.4, -0.2) is 40.3 Å². The lowest BCUT2D eigenvalue weighted by molar-refractivity contribution is 0.0694. The fourth-order valence-electron chi connectivity index (χ4n) is 4.99. The minimum atomic E-state index is -1.29. The number of ether oxygens (including phenoxy) is 2. The Hall–Kier alpha value is -4.93. The largest absolute Gasteiger partial charge is 0.486 e. The Balaban J connectivity index is 0.000000248. The average Bonchev–Trinajstić information content (AvgIpc) is 3.32. The maximum Gasteiger partial charge on any atom is 0.341 e. The molecule has 9 nitrogen and oxygen atoms in total. The third-order valence-electron chi connectivity index (χ3n) is 7.52. The number of rotatable bonds is 14. The van der Waals surface area contributed by atoms with Crippen LogP contribution >= 0.6 is 0 Å². The predicted molar refractivity (Wildman–Crippen MR) is 179 cm³/mol. The normalized spacial score (nSPS) is 12.0. The SMILES string of the molecule is CCCCCCCCCCNc1ccc(Oc2ccnc3c2OCCCN3)c(F)c1.O=C(O)c1cccn(-c2ccc(F)cc2)c1=O. The van der Waals surface area contributed by atoms with Gasteiger partial charge in [-0.2, -0.15) is 0 Å². The van der Waals surface area contributed by atoms with Crippen LogP contribution in [0.4, 0.5) is 20.3 Å². The molecule has 0 bridgehead atoms. The van der Waals surface area contributed by atoms with E-state index >= 15 is 0 Å². The number of aromatic nitrogens is 2. The molecule has 3 heterocycles. The van der Waals surface area contributed by atoms with Gasteiger partial charge in [-0.15, -0.1) is 0 Å². The smallest absolute Gasteiger partial charge is 0.341 e. The second-order valence-electron chi connectivity index (χ2n) is 11.1. The molecule has 2 aromatic heterocycles. The minimum absolute atomic E-state index is 0.175. The van der Waals surface area contributed by atoms with Gasteiger partial charge >= 0.3 is 5.97 Å². The molecule has 0 saturated heterocycles. The molecule has 0 saturated carbocycles. The fourth-order valence-corrected chi connectivity index (χ4v) is 4.99. The summed E-state index contributed by atoms with van der Waals surface area (Å²) in [5.41, 5.74) is 0.220. The van der Waals surface area contributed by atoms with Crippen LogP contribution < -0.4 is 25.7 Å². The molecule has 4 aromatic rings. The summed E-state index contributed by atoms with van der Waals surface area (Å²) in [6, 6.07) is 14.6. The number of nitrogens with one attached hydrogen (secondary N) is 2. The van der Waals surface area contributed by atoms with Gasteiger partial charge in [-0.3, -0.25) is 9.36 Å². The van der Waals surface area contributed by atoms with Crippen molar-refractivity contribution in [3.05, 3.63) is 101 Å². The average molecular weight is 649 g/mol. The van der Waals surface area contributed by atoms with Crippen molar-refractivity contribution in [2.75, 3.05) is 30.3 Å². The summed E-state index contributed by atoms with van der Waals surface area (Å²) in [5, 5.41) is 15.3. The molecule has 47 heavy (non-hydrogen) atoms. The van der Waals surface area contributed by atoms with Gasteiger partial charge in [0, 0.05) is 49.0 Å². The van der Waals surface area contributed by atoms with Crippen molar-refractivity contribution in [2.45, 2.75) is 64.7 Å². The van der Waals surface area contributed by atoms with E-state index in [1.54, 1.807) is 18.3 Å². The highest BCUT2D eigenvalue weighted by atomic mass is 19.1. The van der Waals surface area contributed by atoms with Gasteiger partial charge in [-0.05, 0) is 61.4 Å². The molecule has 0 amide bonds. The number of carbonyl (C=O) groups is 1. The van der Waals surface area contributed by atoms with E-state index in [1.807, 2.05) is 6.07 Å². The highest BCUT2D eigenvalue weighted by molar-refractivity contribution is 5.87. The first-order chi connectivity index (χ1) is 22.9. The summed E-state index contributed by atoms with van der Waals surface area (Å²) in [6.45, 7) is 4.46. The first-order valence-corrected chi connectivity index (χ1v) is 16.1. The van der Waals surface area contributed by atoms with E-state index in [2.05, 4.69) is 22.5 Å². The number of unbranched alkanes of at least 4 members (excludes halogenated alkanes) is 7. The van der Waals surface area contributed by atoms with Crippen molar-refractivity contribution in [1.82, 2.24) is 9.55 Å². The zero-order valence-electron chi connectivity index (χ0n) is 26.6. The van der Waals surface area contributed by atoms with Crippen molar-refractivity contribution in [3.63, 3.8) is 0 Å². The van der Waals surface area contributed by atoms with Crippen LogP contribution in [0, 0.1) is 11.6 Å². The maximum atomic E-state index is 14.6. The van der Waals surface area contributed by atoms with E-state index in [-0.39, 0.29) is 11.3 Å². The molecule has 250 valence electrons. The second kappa shape index (κ2) is 18.3. The number of nitrogens with zero attached hydrogens (tertiary/aromatic N) is 2. The van der Waals surface area contributed by atoms with Crippen molar-refractivity contribution < 1.29 is 28.2 Å². The van der Waals surface area contributed by atoms with Crippen LogP contribution in [0.25, 0.3) is 5.69 Å². The number of fused-ring (bicyclic) bond motifs is 1. The molecule has 5 rings (SSSR count). The molecule has 0 spiro atoms. The van der Waals surface area contributed by atoms with Gasteiger partial charge in [0.25, 0.3) is 5.56 Å². The lowest BCUT2D eigenvalue weighted by atomic mass is 10.1. The van der Waals surface area contributed by atoms with E-state index in [1.165, 1.54) is 93.6 Å². The third-order valence-corrected chi connectivity index (χ3v) is 7.52. The minimum Gasteiger partial charge on any atom is -0.486 e. The van der Waals surface area contributed by atoms with Crippen LogP contribution in [-0.2, 0) is 0 Å². The number of halogens is 2.